The van der Waals surface area contributed by atoms with Crippen molar-refractivity contribution in [1.82, 2.24) is 0 Å². The summed E-state index contributed by atoms with van der Waals surface area (Å²) in [6, 6.07) is 11.4. The standard InChI is InChI=1S/C18H19ClO3/c1-11-9-16(20)17(18(21)22-3)12(2)14(11)10-15(19)13-7-5-4-6-8-13/h4-9,15,20H,10H2,1-3H3. The first-order valence-corrected chi connectivity index (χ1v) is 7.48. The van der Waals surface area contributed by atoms with Crippen molar-refractivity contribution < 1.29 is 14.6 Å². The van der Waals surface area contributed by atoms with Gasteiger partial charge in [0.05, 0.1) is 12.5 Å². The van der Waals surface area contributed by atoms with Gasteiger partial charge in [0.1, 0.15) is 11.3 Å². The van der Waals surface area contributed by atoms with E-state index in [1.54, 1.807) is 6.07 Å². The highest BCUT2D eigenvalue weighted by Crippen LogP contribution is 2.33. The van der Waals surface area contributed by atoms with E-state index in [9.17, 15) is 9.90 Å². The number of alkyl halides is 1. The SMILES string of the molecule is COC(=O)c1c(O)cc(C)c(CC(Cl)c2ccccc2)c1C. The molecule has 0 radical (unpaired) electrons. The van der Waals surface area contributed by atoms with E-state index in [-0.39, 0.29) is 16.7 Å². The lowest BCUT2D eigenvalue weighted by atomic mass is 9.92. The number of halogens is 1. The van der Waals surface area contributed by atoms with Crippen molar-refractivity contribution >= 4 is 17.6 Å². The number of hydrogen-bond donors (Lipinski definition) is 1. The normalized spacial score (nSPS) is 12.0. The Balaban J connectivity index is 2.41. The smallest absolute Gasteiger partial charge is 0.341 e. The zero-order chi connectivity index (χ0) is 16.3. The van der Waals surface area contributed by atoms with Crippen molar-refractivity contribution in [2.45, 2.75) is 25.6 Å². The fourth-order valence-corrected chi connectivity index (χ4v) is 2.94. The first-order chi connectivity index (χ1) is 10.5. The van der Waals surface area contributed by atoms with Gasteiger partial charge in [-0.2, -0.15) is 0 Å². The van der Waals surface area contributed by atoms with Crippen LogP contribution >= 0.6 is 11.6 Å². The minimum Gasteiger partial charge on any atom is -0.507 e. The molecular formula is C18H19ClO3. The third kappa shape index (κ3) is 3.25. The van der Waals surface area contributed by atoms with Gasteiger partial charge in [0.15, 0.2) is 0 Å². The summed E-state index contributed by atoms with van der Waals surface area (Å²) in [5.41, 5.74) is 3.81. The van der Waals surface area contributed by atoms with Crippen molar-refractivity contribution in [3.05, 3.63) is 64.2 Å². The molecule has 0 spiro atoms. The Hall–Kier alpha value is -2.00. The van der Waals surface area contributed by atoms with Crippen molar-refractivity contribution in [3.63, 3.8) is 0 Å². The highest BCUT2D eigenvalue weighted by Gasteiger charge is 2.21. The number of hydrogen-bond acceptors (Lipinski definition) is 3. The van der Waals surface area contributed by atoms with Gasteiger partial charge in [0.2, 0.25) is 0 Å². The van der Waals surface area contributed by atoms with Crippen LogP contribution in [0.3, 0.4) is 0 Å². The summed E-state index contributed by atoms with van der Waals surface area (Å²) in [5, 5.41) is 9.82. The number of aromatic hydroxyl groups is 1. The molecule has 0 aromatic heterocycles. The third-order valence-electron chi connectivity index (χ3n) is 3.85. The van der Waals surface area contributed by atoms with Crippen molar-refractivity contribution in [2.75, 3.05) is 7.11 Å². The Morgan fingerprint density at radius 1 is 1.27 bits per heavy atom. The molecule has 116 valence electrons. The number of rotatable bonds is 4. The summed E-state index contributed by atoms with van der Waals surface area (Å²) in [7, 11) is 1.30. The highest BCUT2D eigenvalue weighted by atomic mass is 35.5. The van der Waals surface area contributed by atoms with Crippen LogP contribution in [0.15, 0.2) is 36.4 Å². The second kappa shape index (κ2) is 6.84. The van der Waals surface area contributed by atoms with Crippen molar-refractivity contribution in [3.8, 4) is 5.75 Å². The van der Waals surface area contributed by atoms with Crippen LogP contribution in [0.25, 0.3) is 0 Å². The lowest BCUT2D eigenvalue weighted by Gasteiger charge is -2.17. The molecule has 3 nitrogen and oxygen atoms in total. The first kappa shape index (κ1) is 16.4. The molecule has 0 amide bonds. The maximum absolute atomic E-state index is 11.9. The van der Waals surface area contributed by atoms with Gasteiger partial charge >= 0.3 is 5.97 Å². The number of esters is 1. The number of benzene rings is 2. The fraction of sp³-hybridized carbons (Fsp3) is 0.278. The van der Waals surface area contributed by atoms with E-state index in [0.29, 0.717) is 12.0 Å². The van der Waals surface area contributed by atoms with Gasteiger partial charge < -0.3 is 9.84 Å². The average Bonchev–Trinajstić information content (AvgIpc) is 2.51. The van der Waals surface area contributed by atoms with E-state index < -0.39 is 5.97 Å². The van der Waals surface area contributed by atoms with E-state index in [1.807, 2.05) is 44.2 Å². The van der Waals surface area contributed by atoms with Crippen LogP contribution in [0.5, 0.6) is 5.75 Å². The van der Waals surface area contributed by atoms with Gasteiger partial charge in [-0.05, 0) is 48.6 Å². The molecule has 0 aliphatic heterocycles. The first-order valence-electron chi connectivity index (χ1n) is 7.05. The quantitative estimate of drug-likeness (QED) is 0.674. The molecule has 0 saturated heterocycles. The lowest BCUT2D eigenvalue weighted by molar-refractivity contribution is 0.0596. The number of carbonyl (C=O) groups is 1. The molecule has 2 rings (SSSR count). The second-order valence-electron chi connectivity index (χ2n) is 5.27. The molecule has 1 atom stereocenters. The Bertz CT molecular complexity index is 680. The number of phenolic OH excluding ortho intramolecular Hbond substituents is 1. The molecular weight excluding hydrogens is 300 g/mol. The van der Waals surface area contributed by atoms with Crippen LogP contribution in [0, 0.1) is 13.8 Å². The molecule has 0 aliphatic carbocycles. The summed E-state index contributed by atoms with van der Waals surface area (Å²) in [5.74, 6) is -0.599. The Labute approximate surface area is 135 Å². The van der Waals surface area contributed by atoms with E-state index in [2.05, 4.69) is 0 Å². The zero-order valence-corrected chi connectivity index (χ0v) is 13.6. The predicted octanol–water partition coefficient (Wildman–Crippen LogP) is 4.32. The van der Waals surface area contributed by atoms with Gasteiger partial charge in [0, 0.05) is 0 Å². The topological polar surface area (TPSA) is 46.5 Å². The second-order valence-corrected chi connectivity index (χ2v) is 5.79. The molecule has 22 heavy (non-hydrogen) atoms. The molecule has 0 fully saturated rings. The minimum absolute atomic E-state index is 0.0589. The molecule has 2 aromatic rings. The van der Waals surface area contributed by atoms with Gasteiger partial charge in [-0.15, -0.1) is 11.6 Å². The summed E-state index contributed by atoms with van der Waals surface area (Å²) in [6.07, 6.45) is 0.577. The Morgan fingerprint density at radius 3 is 2.50 bits per heavy atom. The maximum Gasteiger partial charge on any atom is 0.341 e. The van der Waals surface area contributed by atoms with Gasteiger partial charge in [0.25, 0.3) is 0 Å². The van der Waals surface area contributed by atoms with Crippen LogP contribution in [-0.2, 0) is 11.2 Å². The lowest BCUT2D eigenvalue weighted by Crippen LogP contribution is -2.09. The Kier molecular flexibility index (Phi) is 5.09. The summed E-state index contributed by atoms with van der Waals surface area (Å²) >= 11 is 6.51. The third-order valence-corrected chi connectivity index (χ3v) is 4.25. The molecule has 0 saturated carbocycles. The number of carbonyl (C=O) groups excluding carboxylic acids is 1. The fourth-order valence-electron chi connectivity index (χ4n) is 2.64. The minimum atomic E-state index is -0.540. The van der Waals surface area contributed by atoms with E-state index in [4.69, 9.17) is 16.3 Å². The zero-order valence-electron chi connectivity index (χ0n) is 12.9. The molecule has 4 heteroatoms. The number of methoxy groups -OCH3 is 1. The molecule has 0 heterocycles. The molecule has 0 aliphatic rings. The molecule has 1 unspecified atom stereocenters. The maximum atomic E-state index is 11.9. The largest absolute Gasteiger partial charge is 0.507 e. The highest BCUT2D eigenvalue weighted by molar-refractivity contribution is 6.21. The predicted molar refractivity (Wildman–Crippen MR) is 87.7 cm³/mol. The molecule has 1 N–H and O–H groups in total. The molecule has 2 aromatic carbocycles. The van der Waals surface area contributed by atoms with E-state index >= 15 is 0 Å². The summed E-state index contributed by atoms with van der Waals surface area (Å²) in [6.45, 7) is 3.71. The van der Waals surface area contributed by atoms with Crippen LogP contribution in [0.1, 0.15) is 38.0 Å². The summed E-state index contributed by atoms with van der Waals surface area (Å²) < 4.78 is 4.75. The average molecular weight is 319 g/mol. The van der Waals surface area contributed by atoms with Crippen LogP contribution in [0.2, 0.25) is 0 Å². The Morgan fingerprint density at radius 2 is 1.91 bits per heavy atom. The van der Waals surface area contributed by atoms with Crippen LogP contribution in [0.4, 0.5) is 0 Å². The van der Waals surface area contributed by atoms with E-state index in [0.717, 1.165) is 16.7 Å². The van der Waals surface area contributed by atoms with E-state index in [1.165, 1.54) is 7.11 Å². The van der Waals surface area contributed by atoms with Gasteiger partial charge in [-0.3, -0.25) is 0 Å². The van der Waals surface area contributed by atoms with Crippen LogP contribution < -0.4 is 0 Å². The van der Waals surface area contributed by atoms with Gasteiger partial charge in [-0.25, -0.2) is 4.79 Å². The molecule has 0 bridgehead atoms. The van der Waals surface area contributed by atoms with Crippen LogP contribution in [-0.4, -0.2) is 18.2 Å². The summed E-state index contributed by atoms with van der Waals surface area (Å²) in [4.78, 5) is 11.9. The number of phenols is 1. The number of ether oxygens (including phenoxy) is 1. The monoisotopic (exact) mass is 318 g/mol. The van der Waals surface area contributed by atoms with Crippen molar-refractivity contribution in [2.24, 2.45) is 0 Å². The van der Waals surface area contributed by atoms with Crippen molar-refractivity contribution in [1.29, 1.82) is 0 Å². The van der Waals surface area contributed by atoms with Gasteiger partial charge in [-0.1, -0.05) is 30.3 Å². The number of aryl methyl sites for hydroxylation is 1.